The van der Waals surface area contributed by atoms with Gasteiger partial charge < -0.3 is 11.1 Å². The minimum Gasteiger partial charge on any atom is -0.398 e. The lowest BCUT2D eigenvalue weighted by Gasteiger charge is -1.97. The highest BCUT2D eigenvalue weighted by molar-refractivity contribution is 7.12. The average molecular weight is 196 g/mol. The number of hydrogen-bond acceptors (Lipinski definition) is 3. The van der Waals surface area contributed by atoms with Crippen LogP contribution in [0.15, 0.2) is 23.6 Å². The molecule has 1 rings (SSSR count). The minimum atomic E-state index is -0.0696. The molecule has 4 heteroatoms. The van der Waals surface area contributed by atoms with Crippen LogP contribution in [-0.2, 0) is 0 Å². The van der Waals surface area contributed by atoms with Gasteiger partial charge in [0.1, 0.15) is 0 Å². The van der Waals surface area contributed by atoms with Crippen LogP contribution in [0.2, 0.25) is 0 Å². The van der Waals surface area contributed by atoms with Gasteiger partial charge in [0.25, 0.3) is 5.91 Å². The molecule has 0 saturated heterocycles. The van der Waals surface area contributed by atoms with Crippen molar-refractivity contribution in [3.8, 4) is 0 Å². The lowest BCUT2D eigenvalue weighted by molar-refractivity contribution is 0.0962. The van der Waals surface area contributed by atoms with Crippen LogP contribution in [0.4, 0.5) is 5.69 Å². The quantitative estimate of drug-likeness (QED) is 0.722. The zero-order valence-corrected chi connectivity index (χ0v) is 8.23. The first kappa shape index (κ1) is 9.80. The highest BCUT2D eigenvalue weighted by Gasteiger charge is 2.05. The van der Waals surface area contributed by atoms with Crippen LogP contribution in [0.1, 0.15) is 16.6 Å². The Morgan fingerprint density at radius 3 is 3.08 bits per heavy atom. The topological polar surface area (TPSA) is 55.1 Å². The Morgan fingerprint density at radius 1 is 1.77 bits per heavy atom. The Hall–Kier alpha value is -1.29. The van der Waals surface area contributed by atoms with Crippen molar-refractivity contribution < 1.29 is 4.79 Å². The van der Waals surface area contributed by atoms with E-state index in [1.807, 2.05) is 19.1 Å². The number of carbonyl (C=O) groups is 1. The third-order valence-corrected chi connectivity index (χ3v) is 2.41. The third-order valence-electron chi connectivity index (χ3n) is 1.46. The maximum Gasteiger partial charge on any atom is 0.261 e. The molecule has 1 aromatic rings. The summed E-state index contributed by atoms with van der Waals surface area (Å²) in [5, 5.41) is 4.50. The van der Waals surface area contributed by atoms with Crippen molar-refractivity contribution >= 4 is 22.9 Å². The fourth-order valence-electron chi connectivity index (χ4n) is 0.827. The van der Waals surface area contributed by atoms with Crippen LogP contribution < -0.4 is 11.1 Å². The number of thiophene rings is 1. The monoisotopic (exact) mass is 196 g/mol. The second-order valence-corrected chi connectivity index (χ2v) is 3.43. The van der Waals surface area contributed by atoms with Gasteiger partial charge in [-0.05, 0) is 13.0 Å². The van der Waals surface area contributed by atoms with Crippen LogP contribution >= 0.6 is 11.3 Å². The number of nitrogens with one attached hydrogen (secondary N) is 1. The smallest absolute Gasteiger partial charge is 0.261 e. The first-order valence-corrected chi connectivity index (χ1v) is 4.85. The van der Waals surface area contributed by atoms with Crippen molar-refractivity contribution in [2.45, 2.75) is 6.92 Å². The lowest BCUT2D eigenvalue weighted by Crippen LogP contribution is -2.22. The first-order chi connectivity index (χ1) is 6.24. The van der Waals surface area contributed by atoms with Gasteiger partial charge in [-0.3, -0.25) is 4.79 Å². The molecule has 0 radical (unpaired) electrons. The van der Waals surface area contributed by atoms with Gasteiger partial charge in [0.05, 0.1) is 4.88 Å². The van der Waals surface area contributed by atoms with Crippen molar-refractivity contribution in [2.24, 2.45) is 0 Å². The van der Waals surface area contributed by atoms with Crippen LogP contribution in [0.25, 0.3) is 0 Å². The molecule has 0 aliphatic rings. The molecule has 0 fully saturated rings. The van der Waals surface area contributed by atoms with Gasteiger partial charge in [0.2, 0.25) is 0 Å². The van der Waals surface area contributed by atoms with E-state index in [0.29, 0.717) is 17.1 Å². The lowest BCUT2D eigenvalue weighted by atomic mass is 10.4. The Kier molecular flexibility index (Phi) is 3.52. The van der Waals surface area contributed by atoms with E-state index in [9.17, 15) is 4.79 Å². The Balaban J connectivity index is 2.49. The highest BCUT2D eigenvalue weighted by atomic mass is 32.1. The summed E-state index contributed by atoms with van der Waals surface area (Å²) in [7, 11) is 0. The fourth-order valence-corrected chi connectivity index (χ4v) is 1.54. The van der Waals surface area contributed by atoms with Gasteiger partial charge >= 0.3 is 0 Å². The molecule has 0 aromatic carbocycles. The number of rotatable bonds is 3. The van der Waals surface area contributed by atoms with Gasteiger partial charge in [-0.25, -0.2) is 0 Å². The van der Waals surface area contributed by atoms with Gasteiger partial charge in [-0.15, -0.1) is 11.3 Å². The summed E-state index contributed by atoms with van der Waals surface area (Å²) in [6, 6.07) is 1.68. The third kappa shape index (κ3) is 2.91. The SMILES string of the molecule is C/C=C/CNC(=O)c1cc(N)cs1. The van der Waals surface area contributed by atoms with Gasteiger partial charge in [-0.2, -0.15) is 0 Å². The molecule has 0 aliphatic carbocycles. The fraction of sp³-hybridized carbons (Fsp3) is 0.222. The molecule has 13 heavy (non-hydrogen) atoms. The summed E-state index contributed by atoms with van der Waals surface area (Å²) in [4.78, 5) is 12.0. The van der Waals surface area contributed by atoms with Crippen LogP contribution in [0.3, 0.4) is 0 Å². The summed E-state index contributed by atoms with van der Waals surface area (Å²) in [5.41, 5.74) is 6.13. The zero-order valence-electron chi connectivity index (χ0n) is 7.41. The van der Waals surface area contributed by atoms with E-state index >= 15 is 0 Å². The van der Waals surface area contributed by atoms with E-state index < -0.39 is 0 Å². The van der Waals surface area contributed by atoms with E-state index in [0.717, 1.165) is 0 Å². The molecule has 0 atom stereocenters. The predicted octanol–water partition coefficient (Wildman–Crippen LogP) is 1.64. The normalized spacial score (nSPS) is 10.5. The number of carbonyl (C=O) groups excluding carboxylic acids is 1. The zero-order chi connectivity index (χ0) is 9.68. The second-order valence-electron chi connectivity index (χ2n) is 2.52. The molecule has 0 unspecified atom stereocenters. The van der Waals surface area contributed by atoms with E-state index in [1.54, 1.807) is 11.4 Å². The maximum absolute atomic E-state index is 11.3. The van der Waals surface area contributed by atoms with Crippen molar-refractivity contribution in [3.63, 3.8) is 0 Å². The minimum absolute atomic E-state index is 0.0696. The summed E-state index contributed by atoms with van der Waals surface area (Å²) >= 11 is 1.35. The molecule has 0 spiro atoms. The molecule has 0 bridgehead atoms. The molecule has 3 N–H and O–H groups in total. The number of nitrogen functional groups attached to an aromatic ring is 1. The van der Waals surface area contributed by atoms with Crippen LogP contribution in [0.5, 0.6) is 0 Å². The average Bonchev–Trinajstić information content (AvgIpc) is 2.52. The van der Waals surface area contributed by atoms with Gasteiger partial charge in [-0.1, -0.05) is 12.2 Å². The molecule has 70 valence electrons. The number of nitrogens with two attached hydrogens (primary N) is 1. The standard InChI is InChI=1S/C9H12N2OS/c1-2-3-4-11-9(12)8-5-7(10)6-13-8/h2-3,5-6H,4,10H2,1H3,(H,11,12)/b3-2+. The predicted molar refractivity (Wildman–Crippen MR) is 55.9 cm³/mol. The summed E-state index contributed by atoms with van der Waals surface area (Å²) < 4.78 is 0. The van der Waals surface area contributed by atoms with Crippen molar-refractivity contribution in [1.82, 2.24) is 5.32 Å². The Bertz CT molecular complexity index is 317. The number of amides is 1. The molecule has 3 nitrogen and oxygen atoms in total. The Labute approximate surface area is 81.3 Å². The number of allylic oxidation sites excluding steroid dienone is 1. The van der Waals surface area contributed by atoms with E-state index in [2.05, 4.69) is 5.32 Å². The first-order valence-electron chi connectivity index (χ1n) is 3.97. The van der Waals surface area contributed by atoms with Gasteiger partial charge in [0, 0.05) is 17.6 Å². The van der Waals surface area contributed by atoms with Crippen molar-refractivity contribution in [1.29, 1.82) is 0 Å². The molecule has 1 aromatic heterocycles. The van der Waals surface area contributed by atoms with Crippen molar-refractivity contribution in [2.75, 3.05) is 12.3 Å². The molecule has 1 heterocycles. The largest absolute Gasteiger partial charge is 0.398 e. The molecule has 1 amide bonds. The summed E-state index contributed by atoms with van der Waals surface area (Å²) in [6.07, 6.45) is 3.78. The van der Waals surface area contributed by atoms with E-state index in [-0.39, 0.29) is 5.91 Å². The second kappa shape index (κ2) is 4.67. The maximum atomic E-state index is 11.3. The van der Waals surface area contributed by atoms with Gasteiger partial charge in [0.15, 0.2) is 0 Å². The number of hydrogen-bond donors (Lipinski definition) is 2. The summed E-state index contributed by atoms with van der Waals surface area (Å²) in [5.74, 6) is -0.0696. The van der Waals surface area contributed by atoms with Crippen LogP contribution in [-0.4, -0.2) is 12.5 Å². The molecule has 0 saturated carbocycles. The molecular formula is C9H12N2OS. The molecular weight excluding hydrogens is 184 g/mol. The number of anilines is 1. The Morgan fingerprint density at radius 2 is 2.54 bits per heavy atom. The van der Waals surface area contributed by atoms with E-state index in [4.69, 9.17) is 5.73 Å². The van der Waals surface area contributed by atoms with Crippen molar-refractivity contribution in [3.05, 3.63) is 28.5 Å². The van der Waals surface area contributed by atoms with E-state index in [1.165, 1.54) is 11.3 Å². The summed E-state index contributed by atoms with van der Waals surface area (Å²) in [6.45, 7) is 2.47. The highest BCUT2D eigenvalue weighted by Crippen LogP contribution is 2.15. The van der Waals surface area contributed by atoms with Crippen LogP contribution in [0, 0.1) is 0 Å². The molecule has 0 aliphatic heterocycles.